The van der Waals surface area contributed by atoms with E-state index < -0.39 is 29.8 Å². The molecule has 1 unspecified atom stereocenters. The topological polar surface area (TPSA) is 122 Å². The van der Waals surface area contributed by atoms with Crippen LogP contribution in [0.2, 0.25) is 0 Å². The molecule has 1 saturated heterocycles. The first-order chi connectivity index (χ1) is 15.2. The van der Waals surface area contributed by atoms with Crippen LogP contribution in [-0.4, -0.2) is 59.6 Å². The van der Waals surface area contributed by atoms with Crippen molar-refractivity contribution in [2.45, 2.75) is 96.2 Å². The van der Waals surface area contributed by atoms with Crippen LogP contribution in [0, 0.1) is 5.41 Å². The van der Waals surface area contributed by atoms with E-state index in [2.05, 4.69) is 24.1 Å². The van der Waals surface area contributed by atoms with Crippen molar-refractivity contribution in [3.63, 3.8) is 0 Å². The van der Waals surface area contributed by atoms with Gasteiger partial charge >= 0.3 is 0 Å². The molecule has 1 saturated carbocycles. The van der Waals surface area contributed by atoms with Gasteiger partial charge in [-0.25, -0.2) is 0 Å². The third kappa shape index (κ3) is 6.40. The first-order valence-electron chi connectivity index (χ1n) is 12.0. The summed E-state index contributed by atoms with van der Waals surface area (Å²) >= 11 is 0. The van der Waals surface area contributed by atoms with Crippen molar-refractivity contribution in [3.8, 4) is 0 Å². The lowest BCUT2D eigenvalue weighted by atomic mass is 9.70. The van der Waals surface area contributed by atoms with E-state index in [0.29, 0.717) is 32.2 Å². The number of amides is 3. The maximum atomic E-state index is 13.3. The average Bonchev–Trinajstić information content (AvgIpc) is 3.29. The standard InChI is InChI=1S/C24H40N4O4/c1-4-6-11-17(19(29)22(31)26-15-5-2)27-21(30)18-12-10-16-28(18)23(32)20(25)24(3)13-8-7-9-14-24/h5,17-18,20H,2,4,6-16,25H2,1,3H3,(H,26,31)(H,27,30)/t17?,18-,20+/m0/s1. The van der Waals surface area contributed by atoms with Crippen molar-refractivity contribution in [1.82, 2.24) is 15.5 Å². The number of ketones is 1. The molecule has 3 atom stereocenters. The van der Waals surface area contributed by atoms with Gasteiger partial charge < -0.3 is 21.3 Å². The summed E-state index contributed by atoms with van der Waals surface area (Å²) in [5, 5.41) is 5.23. The summed E-state index contributed by atoms with van der Waals surface area (Å²) in [7, 11) is 0. The van der Waals surface area contributed by atoms with Gasteiger partial charge in [-0.15, -0.1) is 6.58 Å². The Hall–Kier alpha value is -2.22. The van der Waals surface area contributed by atoms with Crippen molar-refractivity contribution < 1.29 is 19.2 Å². The van der Waals surface area contributed by atoms with Crippen LogP contribution in [-0.2, 0) is 19.2 Å². The molecule has 1 heterocycles. The molecule has 32 heavy (non-hydrogen) atoms. The monoisotopic (exact) mass is 448 g/mol. The second-order valence-electron chi connectivity index (χ2n) is 9.45. The van der Waals surface area contributed by atoms with Crippen LogP contribution < -0.4 is 16.4 Å². The summed E-state index contributed by atoms with van der Waals surface area (Å²) in [6.45, 7) is 8.23. The number of rotatable bonds is 11. The molecule has 4 N–H and O–H groups in total. The highest BCUT2D eigenvalue weighted by atomic mass is 16.2. The Morgan fingerprint density at radius 1 is 1.19 bits per heavy atom. The smallest absolute Gasteiger partial charge is 0.289 e. The first-order valence-corrected chi connectivity index (χ1v) is 12.0. The zero-order valence-electron chi connectivity index (χ0n) is 19.7. The van der Waals surface area contributed by atoms with Gasteiger partial charge in [0.05, 0.1) is 12.1 Å². The average molecular weight is 449 g/mol. The summed E-state index contributed by atoms with van der Waals surface area (Å²) in [6, 6.07) is -2.21. The zero-order valence-corrected chi connectivity index (χ0v) is 19.7. The van der Waals surface area contributed by atoms with Crippen molar-refractivity contribution in [1.29, 1.82) is 0 Å². The summed E-state index contributed by atoms with van der Waals surface area (Å²) in [5.41, 5.74) is 6.18. The molecule has 0 aromatic heterocycles. The normalized spacial score (nSPS) is 22.0. The van der Waals surface area contributed by atoms with Gasteiger partial charge in [-0.1, -0.05) is 52.0 Å². The molecule has 0 aromatic carbocycles. The maximum Gasteiger partial charge on any atom is 0.289 e. The van der Waals surface area contributed by atoms with Gasteiger partial charge in [0.15, 0.2) is 0 Å². The Kier molecular flexibility index (Phi) is 9.87. The highest BCUT2D eigenvalue weighted by Gasteiger charge is 2.43. The fourth-order valence-electron chi connectivity index (χ4n) is 4.81. The highest BCUT2D eigenvalue weighted by Crippen LogP contribution is 2.39. The van der Waals surface area contributed by atoms with Crippen molar-refractivity contribution >= 4 is 23.5 Å². The molecule has 8 heteroatoms. The number of nitrogens with two attached hydrogens (primary N) is 1. The number of nitrogens with zero attached hydrogens (tertiary/aromatic N) is 1. The minimum atomic E-state index is -0.908. The number of unbranched alkanes of at least 4 members (excludes halogenated alkanes) is 1. The Morgan fingerprint density at radius 2 is 1.88 bits per heavy atom. The molecule has 180 valence electrons. The Labute approximate surface area is 191 Å². The minimum absolute atomic E-state index is 0.181. The van der Waals surface area contributed by atoms with E-state index >= 15 is 0 Å². The second-order valence-corrected chi connectivity index (χ2v) is 9.45. The number of carbonyl (C=O) groups is 4. The zero-order chi connectivity index (χ0) is 23.7. The van der Waals surface area contributed by atoms with Gasteiger partial charge in [0.2, 0.25) is 17.6 Å². The summed E-state index contributed by atoms with van der Waals surface area (Å²) in [5.74, 6) is -1.98. The molecule has 2 rings (SSSR count). The Morgan fingerprint density at radius 3 is 2.50 bits per heavy atom. The van der Waals surface area contributed by atoms with Crippen LogP contribution in [0.1, 0.15) is 78.1 Å². The lowest BCUT2D eigenvalue weighted by Gasteiger charge is -2.40. The Bertz CT molecular complexity index is 702. The van der Waals surface area contributed by atoms with Gasteiger partial charge in [0.25, 0.3) is 5.91 Å². The van der Waals surface area contributed by atoms with E-state index in [9.17, 15) is 19.2 Å². The number of carbonyl (C=O) groups excluding carboxylic acids is 4. The highest BCUT2D eigenvalue weighted by molar-refractivity contribution is 6.38. The first kappa shape index (κ1) is 26.0. The van der Waals surface area contributed by atoms with Crippen LogP contribution in [0.5, 0.6) is 0 Å². The Balaban J connectivity index is 2.07. The van der Waals surface area contributed by atoms with Crippen LogP contribution in [0.25, 0.3) is 0 Å². The fraction of sp³-hybridized carbons (Fsp3) is 0.750. The predicted octanol–water partition coefficient (Wildman–Crippen LogP) is 1.82. The van der Waals surface area contributed by atoms with Gasteiger partial charge in [0.1, 0.15) is 6.04 Å². The quantitative estimate of drug-likeness (QED) is 0.329. The molecule has 0 bridgehead atoms. The largest absolute Gasteiger partial charge is 0.346 e. The SMILES string of the molecule is C=CCNC(=O)C(=O)C(CCCC)NC(=O)[C@@H]1CCCN1C(=O)[C@@H](N)C1(C)CCCCC1. The number of Topliss-reactive ketones (excluding diaryl/α,β-unsaturated/α-hetero) is 1. The van der Waals surface area contributed by atoms with Crippen molar-refractivity contribution in [2.75, 3.05) is 13.1 Å². The van der Waals surface area contributed by atoms with E-state index in [-0.39, 0.29) is 23.8 Å². The van der Waals surface area contributed by atoms with Gasteiger partial charge in [-0.05, 0) is 37.5 Å². The van der Waals surface area contributed by atoms with E-state index in [1.54, 1.807) is 4.90 Å². The molecule has 3 amide bonds. The van der Waals surface area contributed by atoms with Gasteiger partial charge in [0, 0.05) is 13.1 Å². The summed E-state index contributed by atoms with van der Waals surface area (Å²) in [4.78, 5) is 52.7. The number of nitrogens with one attached hydrogen (secondary N) is 2. The van der Waals surface area contributed by atoms with Crippen LogP contribution >= 0.6 is 0 Å². The van der Waals surface area contributed by atoms with E-state index in [1.165, 1.54) is 12.5 Å². The molecule has 0 radical (unpaired) electrons. The number of hydrogen-bond acceptors (Lipinski definition) is 5. The van der Waals surface area contributed by atoms with Gasteiger partial charge in [-0.2, -0.15) is 0 Å². The fourth-order valence-corrected chi connectivity index (χ4v) is 4.81. The van der Waals surface area contributed by atoms with Crippen LogP contribution in [0.4, 0.5) is 0 Å². The molecule has 0 spiro atoms. The molecule has 0 aromatic rings. The number of likely N-dealkylation sites (tertiary alicyclic amines) is 1. The molecule has 1 aliphatic heterocycles. The van der Waals surface area contributed by atoms with E-state index in [0.717, 1.165) is 32.1 Å². The van der Waals surface area contributed by atoms with E-state index in [1.807, 2.05) is 6.92 Å². The summed E-state index contributed by atoms with van der Waals surface area (Å²) < 4.78 is 0. The van der Waals surface area contributed by atoms with E-state index in [4.69, 9.17) is 5.73 Å². The second kappa shape index (κ2) is 12.1. The lowest BCUT2D eigenvalue weighted by Crippen LogP contribution is -2.58. The molecule has 2 aliphatic rings. The molecular weight excluding hydrogens is 408 g/mol. The third-order valence-electron chi connectivity index (χ3n) is 6.96. The molecular formula is C24H40N4O4. The molecule has 2 fully saturated rings. The molecule has 8 nitrogen and oxygen atoms in total. The van der Waals surface area contributed by atoms with Crippen LogP contribution in [0.3, 0.4) is 0 Å². The predicted molar refractivity (Wildman–Crippen MR) is 124 cm³/mol. The van der Waals surface area contributed by atoms with Crippen LogP contribution in [0.15, 0.2) is 12.7 Å². The minimum Gasteiger partial charge on any atom is -0.346 e. The third-order valence-corrected chi connectivity index (χ3v) is 6.96. The summed E-state index contributed by atoms with van der Waals surface area (Å²) in [6.07, 6.45) is 9.75. The van der Waals surface area contributed by atoms with Crippen molar-refractivity contribution in [2.24, 2.45) is 11.1 Å². The lowest BCUT2D eigenvalue weighted by molar-refractivity contribution is -0.144. The van der Waals surface area contributed by atoms with Crippen molar-refractivity contribution in [3.05, 3.63) is 12.7 Å². The number of hydrogen-bond donors (Lipinski definition) is 3. The maximum absolute atomic E-state index is 13.3. The van der Waals surface area contributed by atoms with Gasteiger partial charge in [-0.3, -0.25) is 19.2 Å². The molecule has 1 aliphatic carbocycles.